The number of amides is 2. The summed E-state index contributed by atoms with van der Waals surface area (Å²) in [5.41, 5.74) is 1.67. The molecular formula is C17H26ClN3O2. The van der Waals surface area contributed by atoms with Crippen molar-refractivity contribution < 1.29 is 9.59 Å². The summed E-state index contributed by atoms with van der Waals surface area (Å²) in [6, 6.07) is 5.47. The highest BCUT2D eigenvalue weighted by atomic mass is 35.5. The number of benzene rings is 1. The molecule has 0 unspecified atom stereocenters. The first-order valence-corrected chi connectivity index (χ1v) is 8.14. The number of carbonyl (C=O) groups is 2. The molecule has 0 radical (unpaired) electrons. The molecule has 6 heteroatoms. The van der Waals surface area contributed by atoms with Crippen LogP contribution in [0.3, 0.4) is 0 Å². The van der Waals surface area contributed by atoms with E-state index in [1.807, 2.05) is 33.2 Å². The van der Waals surface area contributed by atoms with Crippen molar-refractivity contribution in [2.75, 3.05) is 38.6 Å². The van der Waals surface area contributed by atoms with E-state index in [1.54, 1.807) is 11.0 Å². The number of halogens is 1. The average Bonchev–Trinajstić information content (AvgIpc) is 2.47. The molecule has 0 saturated heterocycles. The lowest BCUT2D eigenvalue weighted by Crippen LogP contribution is -2.34. The first kappa shape index (κ1) is 19.5. The SMILES string of the molecule is CC(=O)N(CCC(=O)NCCCN(C)C)c1ccc(C)c(Cl)c1. The molecule has 0 saturated carbocycles. The molecule has 0 aromatic heterocycles. The smallest absolute Gasteiger partial charge is 0.223 e. The third-order valence-electron chi connectivity index (χ3n) is 3.51. The third kappa shape index (κ3) is 7.01. The zero-order chi connectivity index (χ0) is 17.4. The van der Waals surface area contributed by atoms with E-state index in [2.05, 4.69) is 10.2 Å². The number of hydrogen-bond donors (Lipinski definition) is 1. The maximum absolute atomic E-state index is 11.9. The second-order valence-corrected chi connectivity index (χ2v) is 6.27. The first-order chi connectivity index (χ1) is 10.8. The molecule has 1 N–H and O–H groups in total. The van der Waals surface area contributed by atoms with E-state index in [1.165, 1.54) is 6.92 Å². The normalized spacial score (nSPS) is 10.7. The number of hydrogen-bond acceptors (Lipinski definition) is 3. The van der Waals surface area contributed by atoms with Gasteiger partial charge in [-0.25, -0.2) is 0 Å². The lowest BCUT2D eigenvalue weighted by atomic mass is 10.2. The van der Waals surface area contributed by atoms with Gasteiger partial charge < -0.3 is 15.1 Å². The fraction of sp³-hybridized carbons (Fsp3) is 0.529. The standard InChI is InChI=1S/C17H26ClN3O2/c1-13-6-7-15(12-16(13)18)21(14(2)22)11-8-17(23)19-9-5-10-20(3)4/h6-7,12H,5,8-11H2,1-4H3,(H,19,23). The molecule has 2 amide bonds. The molecule has 5 nitrogen and oxygen atoms in total. The average molecular weight is 340 g/mol. The fourth-order valence-electron chi connectivity index (χ4n) is 2.14. The Bertz CT molecular complexity index is 547. The van der Waals surface area contributed by atoms with Gasteiger partial charge in [0, 0.05) is 37.1 Å². The fourth-order valence-corrected chi connectivity index (χ4v) is 2.32. The Morgan fingerprint density at radius 2 is 1.91 bits per heavy atom. The molecule has 1 rings (SSSR count). The van der Waals surface area contributed by atoms with Crippen molar-refractivity contribution in [1.82, 2.24) is 10.2 Å². The Morgan fingerprint density at radius 1 is 1.22 bits per heavy atom. The van der Waals surface area contributed by atoms with E-state index < -0.39 is 0 Å². The van der Waals surface area contributed by atoms with Gasteiger partial charge in [-0.2, -0.15) is 0 Å². The number of rotatable bonds is 8. The van der Waals surface area contributed by atoms with Crippen molar-refractivity contribution in [2.45, 2.75) is 26.7 Å². The van der Waals surface area contributed by atoms with E-state index in [0.29, 0.717) is 23.8 Å². The van der Waals surface area contributed by atoms with Crippen LogP contribution >= 0.6 is 11.6 Å². The van der Waals surface area contributed by atoms with Gasteiger partial charge in [0.25, 0.3) is 0 Å². The van der Waals surface area contributed by atoms with Crippen LogP contribution in [0, 0.1) is 6.92 Å². The van der Waals surface area contributed by atoms with E-state index in [4.69, 9.17) is 11.6 Å². The minimum Gasteiger partial charge on any atom is -0.356 e. The van der Waals surface area contributed by atoms with E-state index >= 15 is 0 Å². The maximum Gasteiger partial charge on any atom is 0.223 e. The van der Waals surface area contributed by atoms with Gasteiger partial charge in [-0.3, -0.25) is 9.59 Å². The van der Waals surface area contributed by atoms with Gasteiger partial charge in [0.1, 0.15) is 0 Å². The molecule has 0 aliphatic rings. The highest BCUT2D eigenvalue weighted by Gasteiger charge is 2.14. The summed E-state index contributed by atoms with van der Waals surface area (Å²) in [6.45, 7) is 5.32. The molecule has 0 atom stereocenters. The number of aryl methyl sites for hydroxylation is 1. The quantitative estimate of drug-likeness (QED) is 0.740. The highest BCUT2D eigenvalue weighted by Crippen LogP contribution is 2.23. The van der Waals surface area contributed by atoms with Crippen molar-refractivity contribution in [1.29, 1.82) is 0 Å². The Morgan fingerprint density at radius 3 is 2.48 bits per heavy atom. The maximum atomic E-state index is 11.9. The van der Waals surface area contributed by atoms with Crippen molar-refractivity contribution in [2.24, 2.45) is 0 Å². The summed E-state index contributed by atoms with van der Waals surface area (Å²) in [4.78, 5) is 27.4. The lowest BCUT2D eigenvalue weighted by Gasteiger charge is -2.21. The van der Waals surface area contributed by atoms with Crippen LogP contribution in [0.4, 0.5) is 5.69 Å². The Balaban J connectivity index is 2.52. The predicted molar refractivity (Wildman–Crippen MR) is 95.0 cm³/mol. The molecule has 1 aromatic rings. The molecule has 0 aliphatic carbocycles. The van der Waals surface area contributed by atoms with Crippen molar-refractivity contribution in [3.63, 3.8) is 0 Å². The van der Waals surface area contributed by atoms with Crippen LogP contribution in [0.15, 0.2) is 18.2 Å². The van der Waals surface area contributed by atoms with Crippen LogP contribution in [0.2, 0.25) is 5.02 Å². The van der Waals surface area contributed by atoms with Crippen LogP contribution in [-0.2, 0) is 9.59 Å². The molecule has 0 bridgehead atoms. The summed E-state index contributed by atoms with van der Waals surface area (Å²) in [7, 11) is 4.00. The van der Waals surface area contributed by atoms with Crippen LogP contribution in [0.1, 0.15) is 25.3 Å². The van der Waals surface area contributed by atoms with Gasteiger partial charge >= 0.3 is 0 Å². The van der Waals surface area contributed by atoms with Crippen LogP contribution in [0.25, 0.3) is 0 Å². The van der Waals surface area contributed by atoms with Crippen LogP contribution in [0.5, 0.6) is 0 Å². The van der Waals surface area contributed by atoms with Gasteiger partial charge in [-0.05, 0) is 51.7 Å². The Kier molecular flexibility index (Phi) is 8.06. The summed E-state index contributed by atoms with van der Waals surface area (Å²) in [5.74, 6) is -0.154. The predicted octanol–water partition coefficient (Wildman–Crippen LogP) is 2.46. The van der Waals surface area contributed by atoms with E-state index in [-0.39, 0.29) is 18.2 Å². The van der Waals surface area contributed by atoms with E-state index in [9.17, 15) is 9.59 Å². The monoisotopic (exact) mass is 339 g/mol. The first-order valence-electron chi connectivity index (χ1n) is 7.77. The minimum atomic E-state index is -0.106. The lowest BCUT2D eigenvalue weighted by molar-refractivity contribution is -0.121. The van der Waals surface area contributed by atoms with E-state index in [0.717, 1.165) is 18.5 Å². The summed E-state index contributed by atoms with van der Waals surface area (Å²) < 4.78 is 0. The summed E-state index contributed by atoms with van der Waals surface area (Å²) in [6.07, 6.45) is 1.18. The number of nitrogens with one attached hydrogen (secondary N) is 1. The number of nitrogens with zero attached hydrogens (tertiary/aromatic N) is 2. The molecule has 0 heterocycles. The van der Waals surface area contributed by atoms with Gasteiger partial charge in [0.15, 0.2) is 0 Å². The Hall–Kier alpha value is -1.59. The summed E-state index contributed by atoms with van der Waals surface area (Å²) in [5, 5.41) is 3.49. The minimum absolute atomic E-state index is 0.0479. The zero-order valence-electron chi connectivity index (χ0n) is 14.4. The second-order valence-electron chi connectivity index (χ2n) is 5.86. The van der Waals surface area contributed by atoms with Crippen molar-refractivity contribution in [3.05, 3.63) is 28.8 Å². The third-order valence-corrected chi connectivity index (χ3v) is 3.92. The van der Waals surface area contributed by atoms with Crippen molar-refractivity contribution >= 4 is 29.1 Å². The molecule has 0 spiro atoms. The van der Waals surface area contributed by atoms with Crippen LogP contribution in [-0.4, -0.2) is 50.4 Å². The topological polar surface area (TPSA) is 52.7 Å². The van der Waals surface area contributed by atoms with Gasteiger partial charge in [-0.1, -0.05) is 17.7 Å². The zero-order valence-corrected chi connectivity index (χ0v) is 15.1. The van der Waals surface area contributed by atoms with Gasteiger partial charge in [0.05, 0.1) is 0 Å². The second kappa shape index (κ2) is 9.53. The van der Waals surface area contributed by atoms with Crippen molar-refractivity contribution in [3.8, 4) is 0 Å². The van der Waals surface area contributed by atoms with Crippen LogP contribution < -0.4 is 10.2 Å². The number of anilines is 1. The molecular weight excluding hydrogens is 314 g/mol. The van der Waals surface area contributed by atoms with Gasteiger partial charge in [-0.15, -0.1) is 0 Å². The molecule has 1 aromatic carbocycles. The molecule has 128 valence electrons. The largest absolute Gasteiger partial charge is 0.356 e. The Labute approximate surface area is 143 Å². The molecule has 0 aliphatic heterocycles. The highest BCUT2D eigenvalue weighted by molar-refractivity contribution is 6.31. The molecule has 23 heavy (non-hydrogen) atoms. The number of carbonyl (C=O) groups excluding carboxylic acids is 2. The van der Waals surface area contributed by atoms with Gasteiger partial charge in [0.2, 0.25) is 11.8 Å². The summed E-state index contributed by atoms with van der Waals surface area (Å²) >= 11 is 6.11. The molecule has 0 fully saturated rings.